The van der Waals surface area contributed by atoms with Crippen LogP contribution in [0, 0.1) is 10.1 Å². The molecule has 1 aromatic heterocycles. The molecule has 158 valence electrons. The third kappa shape index (κ3) is 8.20. The summed E-state index contributed by atoms with van der Waals surface area (Å²) in [6.07, 6.45) is 3.50. The van der Waals surface area contributed by atoms with Crippen LogP contribution in [0.3, 0.4) is 0 Å². The molecule has 28 heavy (non-hydrogen) atoms. The minimum absolute atomic E-state index is 0.156. The van der Waals surface area contributed by atoms with E-state index < -0.39 is 0 Å². The summed E-state index contributed by atoms with van der Waals surface area (Å²) in [5, 5.41) is 14.3. The number of likely N-dealkylation sites (tertiary alicyclic amines) is 1. The van der Waals surface area contributed by atoms with Gasteiger partial charge in [0.1, 0.15) is 11.5 Å². The van der Waals surface area contributed by atoms with Crippen molar-refractivity contribution >= 4 is 17.6 Å². The molecule has 1 aliphatic heterocycles. The second-order valence-corrected chi connectivity index (χ2v) is 8.37. The van der Waals surface area contributed by atoms with Crippen LogP contribution in [0.5, 0.6) is 0 Å². The van der Waals surface area contributed by atoms with Gasteiger partial charge >= 0.3 is 0 Å². The number of nitrogens with zero attached hydrogens (tertiary/aromatic N) is 4. The number of hydrogen-bond acceptors (Lipinski definition) is 7. The van der Waals surface area contributed by atoms with Crippen LogP contribution in [0.2, 0.25) is 0 Å². The van der Waals surface area contributed by atoms with Gasteiger partial charge in [-0.05, 0) is 52.0 Å². The van der Waals surface area contributed by atoms with Crippen molar-refractivity contribution in [1.29, 1.82) is 0 Å². The standard InChI is InChI=1S/C19H33N5O3S/c1-4-23-11-6-5-7-19(23)21-18(14-24(25)26)20-10-12-28-15-17-9-8-16(27-17)13-22(2)3/h8-9,19H,4-7,10-15H2,1-3H3,(H,20,21). The van der Waals surface area contributed by atoms with E-state index in [2.05, 4.69) is 27.0 Å². The molecule has 1 aromatic rings. The van der Waals surface area contributed by atoms with Gasteiger partial charge in [-0.15, -0.1) is 0 Å². The van der Waals surface area contributed by atoms with Gasteiger partial charge in [-0.3, -0.25) is 20.0 Å². The van der Waals surface area contributed by atoms with Crippen LogP contribution in [-0.4, -0.2) is 72.8 Å². The first-order chi connectivity index (χ1) is 13.5. The maximum absolute atomic E-state index is 11.0. The van der Waals surface area contributed by atoms with E-state index in [0.717, 1.165) is 55.5 Å². The Hall–Kier alpha value is -1.58. The number of amidine groups is 1. The number of nitro groups is 1. The van der Waals surface area contributed by atoms with Crippen molar-refractivity contribution in [3.8, 4) is 0 Å². The van der Waals surface area contributed by atoms with E-state index in [1.807, 2.05) is 26.2 Å². The minimum Gasteiger partial charge on any atom is -0.464 e. The highest BCUT2D eigenvalue weighted by molar-refractivity contribution is 7.98. The zero-order chi connectivity index (χ0) is 20.4. The fraction of sp³-hybridized carbons (Fsp3) is 0.737. The molecule has 0 saturated carbocycles. The Morgan fingerprint density at radius 3 is 2.93 bits per heavy atom. The van der Waals surface area contributed by atoms with E-state index in [1.54, 1.807) is 11.8 Å². The van der Waals surface area contributed by atoms with Crippen molar-refractivity contribution in [2.45, 2.75) is 44.6 Å². The second kappa shape index (κ2) is 12.1. The van der Waals surface area contributed by atoms with Gasteiger partial charge in [-0.1, -0.05) is 6.92 Å². The highest BCUT2D eigenvalue weighted by atomic mass is 32.2. The summed E-state index contributed by atoms with van der Waals surface area (Å²) in [7, 11) is 4.02. The van der Waals surface area contributed by atoms with Crippen molar-refractivity contribution in [3.05, 3.63) is 33.8 Å². The van der Waals surface area contributed by atoms with Gasteiger partial charge in [0, 0.05) is 17.2 Å². The largest absolute Gasteiger partial charge is 0.464 e. The molecule has 0 amide bonds. The normalized spacial score (nSPS) is 18.6. The summed E-state index contributed by atoms with van der Waals surface area (Å²) in [5.41, 5.74) is 0. The van der Waals surface area contributed by atoms with Crippen LogP contribution in [0.1, 0.15) is 37.7 Å². The number of nitrogens with one attached hydrogen (secondary N) is 1. The fourth-order valence-electron chi connectivity index (χ4n) is 3.30. The van der Waals surface area contributed by atoms with Gasteiger partial charge in [-0.25, -0.2) is 0 Å². The summed E-state index contributed by atoms with van der Waals surface area (Å²) >= 11 is 1.73. The summed E-state index contributed by atoms with van der Waals surface area (Å²) in [6.45, 7) is 5.21. The minimum atomic E-state index is -0.312. The Balaban J connectivity index is 1.78. The average molecular weight is 412 g/mol. The lowest BCUT2D eigenvalue weighted by Crippen LogP contribution is -2.51. The molecule has 8 nitrogen and oxygen atoms in total. The number of furan rings is 1. The van der Waals surface area contributed by atoms with E-state index >= 15 is 0 Å². The Bertz CT molecular complexity index is 635. The first-order valence-corrected chi connectivity index (χ1v) is 11.1. The molecule has 0 aromatic carbocycles. The summed E-state index contributed by atoms with van der Waals surface area (Å²) < 4.78 is 5.79. The second-order valence-electron chi connectivity index (χ2n) is 7.26. The van der Waals surface area contributed by atoms with Gasteiger partial charge in [0.25, 0.3) is 6.54 Å². The predicted octanol–water partition coefficient (Wildman–Crippen LogP) is 2.67. The molecular formula is C19H33N5O3S. The smallest absolute Gasteiger partial charge is 0.259 e. The molecule has 2 heterocycles. The molecule has 1 saturated heterocycles. The Kier molecular flexibility index (Phi) is 9.80. The Labute approximate surface area is 171 Å². The van der Waals surface area contributed by atoms with Crippen LogP contribution in [0.25, 0.3) is 0 Å². The van der Waals surface area contributed by atoms with Gasteiger partial charge in [0.15, 0.2) is 5.84 Å². The number of aliphatic imine (C=N–C) groups is 1. The molecule has 1 fully saturated rings. The monoisotopic (exact) mass is 411 g/mol. The maximum Gasteiger partial charge on any atom is 0.259 e. The van der Waals surface area contributed by atoms with Crippen LogP contribution < -0.4 is 5.32 Å². The lowest BCUT2D eigenvalue weighted by atomic mass is 10.1. The van der Waals surface area contributed by atoms with E-state index in [-0.39, 0.29) is 17.6 Å². The van der Waals surface area contributed by atoms with Crippen LogP contribution in [-0.2, 0) is 12.3 Å². The molecule has 1 aliphatic rings. The van der Waals surface area contributed by atoms with Crippen LogP contribution in [0.4, 0.5) is 0 Å². The van der Waals surface area contributed by atoms with E-state index in [9.17, 15) is 10.1 Å². The van der Waals surface area contributed by atoms with Crippen molar-refractivity contribution < 1.29 is 9.34 Å². The fourth-order valence-corrected chi connectivity index (χ4v) is 4.02. The summed E-state index contributed by atoms with van der Waals surface area (Å²) in [6, 6.07) is 4.02. The van der Waals surface area contributed by atoms with E-state index in [0.29, 0.717) is 12.4 Å². The highest BCUT2D eigenvalue weighted by Crippen LogP contribution is 2.17. The quantitative estimate of drug-likeness (QED) is 0.197. The third-order valence-electron chi connectivity index (χ3n) is 4.60. The SMILES string of the molecule is CCN1CCCCC1NC(C[N+](=O)[O-])=NCCSCc1ccc(CN(C)C)o1. The molecular weight excluding hydrogens is 378 g/mol. The molecule has 9 heteroatoms. The number of thioether (sulfide) groups is 1. The Morgan fingerprint density at radius 1 is 1.43 bits per heavy atom. The lowest BCUT2D eigenvalue weighted by molar-refractivity contribution is -0.463. The van der Waals surface area contributed by atoms with Crippen molar-refractivity contribution in [1.82, 2.24) is 15.1 Å². The first-order valence-electron chi connectivity index (χ1n) is 9.93. The molecule has 0 radical (unpaired) electrons. The Morgan fingerprint density at radius 2 is 2.21 bits per heavy atom. The summed E-state index contributed by atoms with van der Waals surface area (Å²) in [5.74, 6) is 3.99. The predicted molar refractivity (Wildman–Crippen MR) is 114 cm³/mol. The summed E-state index contributed by atoms with van der Waals surface area (Å²) in [4.78, 5) is 19.6. The highest BCUT2D eigenvalue weighted by Gasteiger charge is 2.23. The van der Waals surface area contributed by atoms with Gasteiger partial charge in [0.05, 0.1) is 25.0 Å². The molecule has 0 aliphatic carbocycles. The average Bonchev–Trinajstić information content (AvgIpc) is 3.07. The number of piperidine rings is 1. The topological polar surface area (TPSA) is 87.1 Å². The van der Waals surface area contributed by atoms with Crippen LogP contribution >= 0.6 is 11.8 Å². The lowest BCUT2D eigenvalue weighted by Gasteiger charge is -2.35. The molecule has 1 atom stereocenters. The van der Waals surface area contributed by atoms with Crippen molar-refractivity contribution in [2.75, 3.05) is 46.0 Å². The molecule has 0 bridgehead atoms. The van der Waals surface area contributed by atoms with Crippen LogP contribution in [0.15, 0.2) is 21.5 Å². The first kappa shape index (κ1) is 22.7. The number of hydrogen-bond donors (Lipinski definition) is 1. The molecule has 2 rings (SSSR count). The van der Waals surface area contributed by atoms with Gasteiger partial charge in [-0.2, -0.15) is 11.8 Å². The van der Waals surface area contributed by atoms with Crippen molar-refractivity contribution in [2.24, 2.45) is 4.99 Å². The maximum atomic E-state index is 11.0. The molecule has 1 unspecified atom stereocenters. The van der Waals surface area contributed by atoms with Crippen molar-refractivity contribution in [3.63, 3.8) is 0 Å². The van der Waals surface area contributed by atoms with E-state index in [4.69, 9.17) is 4.42 Å². The van der Waals surface area contributed by atoms with Gasteiger partial charge < -0.3 is 14.6 Å². The number of rotatable bonds is 11. The zero-order valence-corrected chi connectivity index (χ0v) is 18.0. The third-order valence-corrected chi connectivity index (χ3v) is 5.56. The van der Waals surface area contributed by atoms with E-state index in [1.165, 1.54) is 6.42 Å². The molecule has 0 spiro atoms. The zero-order valence-electron chi connectivity index (χ0n) is 17.2. The molecule has 1 N–H and O–H groups in total. The van der Waals surface area contributed by atoms with Gasteiger partial charge in [0.2, 0.25) is 0 Å².